The number of alkyl halides is 1. The zero-order valence-corrected chi connectivity index (χ0v) is 12.9. The Labute approximate surface area is 121 Å². The minimum absolute atomic E-state index is 0.171. The van der Waals surface area contributed by atoms with Gasteiger partial charge in [0.05, 0.1) is 22.4 Å². The van der Waals surface area contributed by atoms with Crippen LogP contribution in [0.2, 0.25) is 0 Å². The lowest BCUT2D eigenvalue weighted by molar-refractivity contribution is 0.233. The Balaban J connectivity index is 2.07. The molecular weight excluding hydrogens is 300 g/mol. The maximum Gasteiger partial charge on any atom is 0.0890 e. The average Bonchev–Trinajstić information content (AvgIpc) is 2.78. The quantitative estimate of drug-likeness (QED) is 0.738. The number of nitrogens with zero attached hydrogens (tertiary/aromatic N) is 2. The van der Waals surface area contributed by atoms with Crippen LogP contribution in [0.25, 0.3) is 11.0 Å². The van der Waals surface area contributed by atoms with E-state index in [2.05, 4.69) is 41.9 Å². The molecule has 4 rings (SSSR count). The van der Waals surface area contributed by atoms with Gasteiger partial charge in [0, 0.05) is 16.7 Å². The van der Waals surface area contributed by atoms with Crippen LogP contribution in [0.1, 0.15) is 44.0 Å². The van der Waals surface area contributed by atoms with E-state index < -0.39 is 0 Å². The molecule has 1 fully saturated rings. The molecule has 2 aliphatic carbocycles. The van der Waals surface area contributed by atoms with E-state index in [-0.39, 0.29) is 10.8 Å². The number of halogens is 1. The van der Waals surface area contributed by atoms with Crippen molar-refractivity contribution < 1.29 is 0 Å². The molecule has 2 aromatic rings. The van der Waals surface area contributed by atoms with Gasteiger partial charge in [0.25, 0.3) is 0 Å². The molecule has 0 radical (unpaired) electrons. The van der Waals surface area contributed by atoms with Gasteiger partial charge >= 0.3 is 0 Å². The number of hydrogen-bond acceptors (Lipinski definition) is 2. The molecule has 2 aliphatic rings. The van der Waals surface area contributed by atoms with Gasteiger partial charge in [-0.15, -0.1) is 0 Å². The molecule has 0 spiro atoms. The second-order valence-corrected chi connectivity index (χ2v) is 7.04. The fourth-order valence-corrected chi connectivity index (χ4v) is 5.49. The summed E-state index contributed by atoms with van der Waals surface area (Å²) < 4.78 is 0. The Morgan fingerprint density at radius 3 is 2.58 bits per heavy atom. The van der Waals surface area contributed by atoms with Crippen molar-refractivity contribution in [2.24, 2.45) is 5.41 Å². The summed E-state index contributed by atoms with van der Waals surface area (Å²) in [6.45, 7) is 4.78. The highest BCUT2D eigenvalue weighted by atomic mass is 79.9. The second kappa shape index (κ2) is 3.57. The third-order valence-electron chi connectivity index (χ3n) is 5.57. The largest absolute Gasteiger partial charge is 0.249 e. The van der Waals surface area contributed by atoms with Crippen molar-refractivity contribution in [3.8, 4) is 0 Å². The van der Waals surface area contributed by atoms with Gasteiger partial charge in [-0.1, -0.05) is 41.9 Å². The summed E-state index contributed by atoms with van der Waals surface area (Å²) in [4.78, 5) is 9.93. The molecule has 2 nitrogen and oxygen atoms in total. The van der Waals surface area contributed by atoms with E-state index in [0.717, 1.165) is 16.4 Å². The van der Waals surface area contributed by atoms with Gasteiger partial charge in [-0.3, -0.25) is 0 Å². The van der Waals surface area contributed by atoms with E-state index >= 15 is 0 Å². The summed E-state index contributed by atoms with van der Waals surface area (Å²) in [6, 6.07) is 8.23. The lowest BCUT2D eigenvalue weighted by Gasteiger charge is -2.36. The van der Waals surface area contributed by atoms with Gasteiger partial charge in [0.2, 0.25) is 0 Å². The van der Waals surface area contributed by atoms with Crippen LogP contribution < -0.4 is 0 Å². The fourth-order valence-electron chi connectivity index (χ4n) is 4.22. The van der Waals surface area contributed by atoms with Gasteiger partial charge in [0.1, 0.15) is 0 Å². The van der Waals surface area contributed by atoms with Crippen LogP contribution in [-0.2, 0) is 5.41 Å². The molecule has 1 aromatic heterocycles. The normalized spacial score (nSPS) is 30.8. The number of para-hydroxylation sites is 2. The van der Waals surface area contributed by atoms with Crippen molar-refractivity contribution in [3.05, 3.63) is 35.7 Å². The van der Waals surface area contributed by atoms with E-state index in [1.54, 1.807) is 0 Å². The Morgan fingerprint density at radius 1 is 1.21 bits per heavy atom. The first-order valence-corrected chi connectivity index (χ1v) is 8.05. The van der Waals surface area contributed by atoms with E-state index in [1.165, 1.54) is 24.2 Å². The summed E-state index contributed by atoms with van der Waals surface area (Å²) in [5.41, 5.74) is 5.01. The van der Waals surface area contributed by atoms with Crippen LogP contribution >= 0.6 is 15.9 Å². The van der Waals surface area contributed by atoms with Crippen LogP contribution in [-0.4, -0.2) is 15.3 Å². The molecule has 1 aromatic carbocycles. The van der Waals surface area contributed by atoms with E-state index in [0.29, 0.717) is 5.92 Å². The van der Waals surface area contributed by atoms with Crippen LogP contribution in [0.15, 0.2) is 24.3 Å². The van der Waals surface area contributed by atoms with Gasteiger partial charge in [-0.25, -0.2) is 9.97 Å². The topological polar surface area (TPSA) is 25.8 Å². The van der Waals surface area contributed by atoms with E-state index in [4.69, 9.17) is 9.97 Å². The summed E-state index contributed by atoms with van der Waals surface area (Å²) in [6.07, 6.45) is 2.48. The third kappa shape index (κ3) is 1.23. The number of fused-ring (bicyclic) bond motifs is 6. The lowest BCUT2D eigenvalue weighted by Crippen LogP contribution is -2.37. The van der Waals surface area contributed by atoms with Crippen molar-refractivity contribution >= 4 is 27.0 Å². The van der Waals surface area contributed by atoms with E-state index in [1.807, 2.05) is 12.1 Å². The Bertz CT molecular complexity index is 680. The Morgan fingerprint density at radius 2 is 1.89 bits per heavy atom. The monoisotopic (exact) mass is 316 g/mol. The van der Waals surface area contributed by atoms with Crippen molar-refractivity contribution in [2.45, 2.75) is 38.0 Å². The zero-order valence-electron chi connectivity index (χ0n) is 11.3. The standard InChI is InChI=1S/C16H17BrN2/c1-15(2)10-7-8-16(15,9-17)14-13(10)18-11-5-3-4-6-12(11)19-14/h3-6,10H,7-9H2,1-2H3. The Hall–Kier alpha value is -0.960. The number of hydrogen-bond donors (Lipinski definition) is 0. The van der Waals surface area contributed by atoms with Crippen molar-refractivity contribution in [3.63, 3.8) is 0 Å². The van der Waals surface area contributed by atoms with E-state index in [9.17, 15) is 0 Å². The SMILES string of the molecule is CC1(C)C2CCC1(CBr)c1nc3ccccc3nc12. The molecule has 19 heavy (non-hydrogen) atoms. The molecule has 1 heterocycles. The van der Waals surface area contributed by atoms with Crippen molar-refractivity contribution in [1.82, 2.24) is 9.97 Å². The molecular formula is C16H17BrN2. The highest BCUT2D eigenvalue weighted by molar-refractivity contribution is 9.09. The maximum absolute atomic E-state index is 4.98. The minimum Gasteiger partial charge on any atom is -0.249 e. The van der Waals surface area contributed by atoms with Crippen LogP contribution in [0.5, 0.6) is 0 Å². The minimum atomic E-state index is 0.171. The third-order valence-corrected chi connectivity index (χ3v) is 6.53. The molecule has 0 N–H and O–H groups in total. The van der Waals surface area contributed by atoms with Gasteiger partial charge in [-0.05, 0) is 30.4 Å². The first kappa shape index (κ1) is 11.8. The van der Waals surface area contributed by atoms with Crippen LogP contribution in [0, 0.1) is 5.41 Å². The summed E-state index contributed by atoms with van der Waals surface area (Å²) in [7, 11) is 0. The fraction of sp³-hybridized carbons (Fsp3) is 0.500. The molecule has 0 aliphatic heterocycles. The highest BCUT2D eigenvalue weighted by Crippen LogP contribution is 2.67. The van der Waals surface area contributed by atoms with Crippen LogP contribution in [0.3, 0.4) is 0 Å². The second-order valence-electron chi connectivity index (χ2n) is 6.47. The summed E-state index contributed by atoms with van der Waals surface area (Å²) in [5, 5.41) is 0.990. The molecule has 98 valence electrons. The van der Waals surface area contributed by atoms with Crippen LogP contribution in [0.4, 0.5) is 0 Å². The molecule has 0 amide bonds. The number of benzene rings is 1. The van der Waals surface area contributed by atoms with Crippen molar-refractivity contribution in [2.75, 3.05) is 5.33 Å². The molecule has 2 atom stereocenters. The first-order valence-electron chi connectivity index (χ1n) is 6.93. The smallest absolute Gasteiger partial charge is 0.0890 e. The molecule has 3 heteroatoms. The first-order chi connectivity index (χ1) is 9.10. The summed E-state index contributed by atoms with van der Waals surface area (Å²) in [5.74, 6) is 0.567. The molecule has 1 saturated carbocycles. The Kier molecular flexibility index (Phi) is 2.22. The molecule has 0 saturated heterocycles. The maximum atomic E-state index is 4.98. The van der Waals surface area contributed by atoms with Gasteiger partial charge < -0.3 is 0 Å². The summed E-state index contributed by atoms with van der Waals surface area (Å²) >= 11 is 3.76. The average molecular weight is 317 g/mol. The zero-order chi connectivity index (χ0) is 13.3. The molecule has 2 bridgehead atoms. The van der Waals surface area contributed by atoms with Gasteiger partial charge in [-0.2, -0.15) is 0 Å². The predicted octanol–water partition coefficient (Wildman–Crippen LogP) is 4.18. The number of aromatic nitrogens is 2. The number of rotatable bonds is 1. The van der Waals surface area contributed by atoms with Gasteiger partial charge in [0.15, 0.2) is 0 Å². The predicted molar refractivity (Wildman–Crippen MR) is 80.8 cm³/mol. The molecule has 2 unspecified atom stereocenters. The lowest BCUT2D eigenvalue weighted by atomic mass is 9.70. The highest BCUT2D eigenvalue weighted by Gasteiger charge is 2.63. The van der Waals surface area contributed by atoms with Crippen molar-refractivity contribution in [1.29, 1.82) is 0 Å².